The summed E-state index contributed by atoms with van der Waals surface area (Å²) in [6, 6.07) is 11.7. The summed E-state index contributed by atoms with van der Waals surface area (Å²) in [5.41, 5.74) is 0.747. The van der Waals surface area contributed by atoms with Gasteiger partial charge in [-0.3, -0.25) is 4.79 Å². The van der Waals surface area contributed by atoms with E-state index in [0.717, 1.165) is 0 Å². The highest BCUT2D eigenvalue weighted by molar-refractivity contribution is 9.10. The van der Waals surface area contributed by atoms with E-state index in [1.54, 1.807) is 42.5 Å². The molecule has 2 aromatic carbocycles. The Balaban J connectivity index is 2.06. The van der Waals surface area contributed by atoms with Crippen LogP contribution in [0.3, 0.4) is 0 Å². The number of nitrogens with one attached hydrogen (secondary N) is 1. The van der Waals surface area contributed by atoms with Crippen LogP contribution >= 0.6 is 27.5 Å². The summed E-state index contributed by atoms with van der Waals surface area (Å²) in [6.45, 7) is 1.49. The standard InChI is InChI=1S/C17H15BrClNO4/c1-10(24-17(22)12-5-3-4-6-13(12)18)16(21)20-14-9-11(19)7-8-15(14)23-2/h3-10H,1-2H3,(H,20,21)/t10-/m0/s1. The van der Waals surface area contributed by atoms with Crippen molar-refractivity contribution in [3.05, 3.63) is 57.5 Å². The maximum absolute atomic E-state index is 12.2. The fraction of sp³-hybridized carbons (Fsp3) is 0.176. The zero-order valence-electron chi connectivity index (χ0n) is 13.0. The van der Waals surface area contributed by atoms with E-state index < -0.39 is 18.0 Å². The normalized spacial score (nSPS) is 11.5. The fourth-order valence-electron chi connectivity index (χ4n) is 1.92. The molecule has 2 aromatic rings. The first-order valence-electron chi connectivity index (χ1n) is 7.02. The number of ether oxygens (including phenoxy) is 2. The van der Waals surface area contributed by atoms with Crippen LogP contribution in [-0.2, 0) is 9.53 Å². The molecule has 0 aromatic heterocycles. The molecule has 24 heavy (non-hydrogen) atoms. The number of carbonyl (C=O) groups excluding carboxylic acids is 2. The first kappa shape index (κ1) is 18.3. The van der Waals surface area contributed by atoms with Crippen molar-refractivity contribution >= 4 is 45.1 Å². The van der Waals surface area contributed by atoms with Crippen LogP contribution in [0.5, 0.6) is 5.75 Å². The lowest BCUT2D eigenvalue weighted by Crippen LogP contribution is -2.30. The highest BCUT2D eigenvalue weighted by Gasteiger charge is 2.21. The molecule has 0 aliphatic rings. The number of anilines is 1. The lowest BCUT2D eigenvalue weighted by molar-refractivity contribution is -0.123. The van der Waals surface area contributed by atoms with Crippen molar-refractivity contribution in [2.75, 3.05) is 12.4 Å². The van der Waals surface area contributed by atoms with E-state index in [-0.39, 0.29) is 0 Å². The molecule has 0 bridgehead atoms. The Morgan fingerprint density at radius 1 is 1.21 bits per heavy atom. The minimum Gasteiger partial charge on any atom is -0.495 e. The van der Waals surface area contributed by atoms with Crippen LogP contribution in [0.4, 0.5) is 5.69 Å². The van der Waals surface area contributed by atoms with Gasteiger partial charge in [-0.05, 0) is 53.2 Å². The van der Waals surface area contributed by atoms with Crippen molar-refractivity contribution < 1.29 is 19.1 Å². The highest BCUT2D eigenvalue weighted by atomic mass is 79.9. The van der Waals surface area contributed by atoms with Crippen LogP contribution in [0, 0.1) is 0 Å². The molecule has 5 nitrogen and oxygen atoms in total. The Kier molecular flexibility index (Phi) is 6.23. The fourth-order valence-corrected chi connectivity index (χ4v) is 2.54. The van der Waals surface area contributed by atoms with Gasteiger partial charge in [0.05, 0.1) is 18.4 Å². The van der Waals surface area contributed by atoms with Crippen LogP contribution in [0.15, 0.2) is 46.9 Å². The van der Waals surface area contributed by atoms with Crippen LogP contribution in [0.1, 0.15) is 17.3 Å². The summed E-state index contributed by atoms with van der Waals surface area (Å²) in [7, 11) is 1.48. The molecule has 0 fully saturated rings. The molecule has 0 radical (unpaired) electrons. The second kappa shape index (κ2) is 8.17. The minimum absolute atomic E-state index is 0.345. The van der Waals surface area contributed by atoms with Crippen LogP contribution in [0.25, 0.3) is 0 Å². The number of esters is 1. The maximum Gasteiger partial charge on any atom is 0.340 e. The first-order chi connectivity index (χ1) is 11.4. The summed E-state index contributed by atoms with van der Waals surface area (Å²) in [5.74, 6) is -0.628. The predicted octanol–water partition coefficient (Wildman–Crippen LogP) is 4.30. The summed E-state index contributed by atoms with van der Waals surface area (Å²) in [5, 5.41) is 3.08. The second-order valence-electron chi connectivity index (χ2n) is 4.86. The number of hydrogen-bond acceptors (Lipinski definition) is 4. The number of methoxy groups -OCH3 is 1. The topological polar surface area (TPSA) is 64.6 Å². The lowest BCUT2D eigenvalue weighted by Gasteiger charge is -2.15. The predicted molar refractivity (Wildman–Crippen MR) is 95.7 cm³/mol. The highest BCUT2D eigenvalue weighted by Crippen LogP contribution is 2.28. The van der Waals surface area contributed by atoms with Crippen molar-refractivity contribution in [1.29, 1.82) is 0 Å². The molecular weight excluding hydrogens is 398 g/mol. The van der Waals surface area contributed by atoms with Crippen molar-refractivity contribution in [3.8, 4) is 5.75 Å². The number of benzene rings is 2. The van der Waals surface area contributed by atoms with Crippen molar-refractivity contribution in [2.24, 2.45) is 0 Å². The summed E-state index contributed by atoms with van der Waals surface area (Å²) >= 11 is 9.19. The molecule has 7 heteroatoms. The van der Waals surface area contributed by atoms with Gasteiger partial charge < -0.3 is 14.8 Å². The van der Waals surface area contributed by atoms with Crippen molar-refractivity contribution in [2.45, 2.75) is 13.0 Å². The molecule has 0 heterocycles. The Bertz CT molecular complexity index is 766. The maximum atomic E-state index is 12.2. The van der Waals surface area contributed by atoms with Gasteiger partial charge in [0.2, 0.25) is 0 Å². The van der Waals surface area contributed by atoms with Crippen LogP contribution in [0.2, 0.25) is 5.02 Å². The number of amides is 1. The van der Waals surface area contributed by atoms with Gasteiger partial charge in [0, 0.05) is 9.50 Å². The van der Waals surface area contributed by atoms with Gasteiger partial charge >= 0.3 is 5.97 Å². The van der Waals surface area contributed by atoms with Crippen LogP contribution < -0.4 is 10.1 Å². The van der Waals surface area contributed by atoms with E-state index in [4.69, 9.17) is 21.1 Å². The van der Waals surface area contributed by atoms with Gasteiger partial charge in [0.1, 0.15) is 5.75 Å². The molecular formula is C17H15BrClNO4. The third-order valence-electron chi connectivity index (χ3n) is 3.17. The molecule has 0 spiro atoms. The molecule has 0 saturated carbocycles. The second-order valence-corrected chi connectivity index (χ2v) is 6.15. The Morgan fingerprint density at radius 3 is 2.58 bits per heavy atom. The minimum atomic E-state index is -0.992. The quantitative estimate of drug-likeness (QED) is 0.744. The monoisotopic (exact) mass is 411 g/mol. The summed E-state index contributed by atoms with van der Waals surface area (Å²) in [4.78, 5) is 24.4. The van der Waals surface area contributed by atoms with E-state index in [0.29, 0.717) is 26.5 Å². The van der Waals surface area contributed by atoms with Gasteiger partial charge in [-0.15, -0.1) is 0 Å². The van der Waals surface area contributed by atoms with Crippen molar-refractivity contribution in [1.82, 2.24) is 0 Å². The van der Waals surface area contributed by atoms with Gasteiger partial charge in [-0.2, -0.15) is 0 Å². The number of hydrogen-bond donors (Lipinski definition) is 1. The van der Waals surface area contributed by atoms with E-state index >= 15 is 0 Å². The first-order valence-corrected chi connectivity index (χ1v) is 8.19. The van der Waals surface area contributed by atoms with E-state index in [2.05, 4.69) is 21.2 Å². The zero-order valence-corrected chi connectivity index (χ0v) is 15.3. The largest absolute Gasteiger partial charge is 0.495 e. The Hall–Kier alpha value is -2.05. The molecule has 1 N–H and O–H groups in total. The third-order valence-corrected chi connectivity index (χ3v) is 4.09. The molecule has 126 valence electrons. The molecule has 2 rings (SSSR count). The molecule has 0 aliphatic heterocycles. The summed E-state index contributed by atoms with van der Waals surface area (Å²) < 4.78 is 11.0. The average Bonchev–Trinajstić information content (AvgIpc) is 2.55. The Morgan fingerprint density at radius 2 is 1.92 bits per heavy atom. The van der Waals surface area contributed by atoms with Gasteiger partial charge in [-0.1, -0.05) is 23.7 Å². The van der Waals surface area contributed by atoms with E-state index in [1.807, 2.05) is 0 Å². The van der Waals surface area contributed by atoms with Crippen molar-refractivity contribution in [3.63, 3.8) is 0 Å². The third kappa shape index (κ3) is 4.49. The van der Waals surface area contributed by atoms with E-state index in [1.165, 1.54) is 14.0 Å². The van der Waals surface area contributed by atoms with Gasteiger partial charge in [-0.25, -0.2) is 4.79 Å². The van der Waals surface area contributed by atoms with Gasteiger partial charge in [0.15, 0.2) is 6.10 Å². The summed E-state index contributed by atoms with van der Waals surface area (Å²) in [6.07, 6.45) is -0.992. The molecule has 1 amide bonds. The molecule has 0 unspecified atom stereocenters. The Labute approximate surface area is 153 Å². The zero-order chi connectivity index (χ0) is 17.7. The molecule has 1 atom stereocenters. The smallest absolute Gasteiger partial charge is 0.340 e. The number of rotatable bonds is 5. The number of carbonyl (C=O) groups is 2. The van der Waals surface area contributed by atoms with Gasteiger partial charge in [0.25, 0.3) is 5.91 Å². The average molecular weight is 413 g/mol. The van der Waals surface area contributed by atoms with Crippen LogP contribution in [-0.4, -0.2) is 25.1 Å². The van der Waals surface area contributed by atoms with E-state index in [9.17, 15) is 9.59 Å². The molecule has 0 aliphatic carbocycles. The SMILES string of the molecule is COc1ccc(Cl)cc1NC(=O)[C@H](C)OC(=O)c1ccccc1Br. The molecule has 0 saturated heterocycles. The lowest BCUT2D eigenvalue weighted by atomic mass is 10.2. The number of halogens is 2.